The van der Waals surface area contributed by atoms with Crippen LogP contribution in [0.15, 0.2) is 75.0 Å². The highest BCUT2D eigenvalue weighted by atomic mass is 32.2. The zero-order valence-corrected chi connectivity index (χ0v) is 20.6. The van der Waals surface area contributed by atoms with Gasteiger partial charge in [0.15, 0.2) is 11.5 Å². The lowest BCUT2D eigenvalue weighted by molar-refractivity contribution is -0.130. The van der Waals surface area contributed by atoms with Gasteiger partial charge < -0.3 is 13.9 Å². The largest absolute Gasteiger partial charge is 0.493 e. The Labute approximate surface area is 209 Å². The number of amides is 1. The van der Waals surface area contributed by atoms with Gasteiger partial charge in [0.25, 0.3) is 11.1 Å². The molecule has 0 saturated heterocycles. The third kappa shape index (κ3) is 4.91. The monoisotopic (exact) mass is 507 g/mol. The van der Waals surface area contributed by atoms with Crippen molar-refractivity contribution in [3.8, 4) is 23.0 Å². The van der Waals surface area contributed by atoms with E-state index in [1.807, 2.05) is 35.7 Å². The zero-order valence-electron chi connectivity index (χ0n) is 19.0. The molecule has 35 heavy (non-hydrogen) atoms. The van der Waals surface area contributed by atoms with Crippen molar-refractivity contribution in [1.82, 2.24) is 20.2 Å². The van der Waals surface area contributed by atoms with Crippen LogP contribution < -0.4 is 9.47 Å². The molecule has 1 aliphatic heterocycles. The number of ether oxygens (including phenoxy) is 2. The van der Waals surface area contributed by atoms with Crippen LogP contribution >= 0.6 is 23.1 Å². The number of hydrogen-bond donors (Lipinski definition) is 0. The number of carbonyl (C=O) groups is 1. The van der Waals surface area contributed by atoms with E-state index in [-0.39, 0.29) is 17.7 Å². The topological polar surface area (TPSA) is 103 Å². The lowest BCUT2D eigenvalue weighted by Gasteiger charge is -2.22. The summed E-state index contributed by atoms with van der Waals surface area (Å²) in [7, 11) is 3.18. The fourth-order valence-electron chi connectivity index (χ4n) is 3.72. The number of hydrogen-bond acceptors (Lipinski definition) is 10. The molecule has 4 aromatic rings. The van der Waals surface area contributed by atoms with Gasteiger partial charge in [-0.3, -0.25) is 9.78 Å². The van der Waals surface area contributed by atoms with Gasteiger partial charge in [-0.1, -0.05) is 23.9 Å². The minimum atomic E-state index is -0.268. The molecule has 4 heterocycles. The fourth-order valence-corrected chi connectivity index (χ4v) is 5.06. The van der Waals surface area contributed by atoms with Crippen LogP contribution in [-0.4, -0.2) is 51.8 Å². The lowest BCUT2D eigenvalue weighted by atomic mass is 10.0. The van der Waals surface area contributed by atoms with Crippen molar-refractivity contribution in [3.05, 3.63) is 70.7 Å². The number of pyridine rings is 1. The van der Waals surface area contributed by atoms with E-state index in [0.717, 1.165) is 21.7 Å². The number of rotatable bonds is 8. The predicted octanol–water partition coefficient (Wildman–Crippen LogP) is 4.68. The van der Waals surface area contributed by atoms with Crippen LogP contribution in [0.2, 0.25) is 0 Å². The van der Waals surface area contributed by atoms with E-state index >= 15 is 0 Å². The van der Waals surface area contributed by atoms with Gasteiger partial charge in [0.1, 0.15) is 0 Å². The van der Waals surface area contributed by atoms with Crippen LogP contribution in [0.5, 0.6) is 11.5 Å². The molecule has 1 aliphatic rings. The van der Waals surface area contributed by atoms with Crippen LogP contribution in [0.4, 0.5) is 0 Å². The minimum Gasteiger partial charge on any atom is -0.493 e. The number of thiophene rings is 1. The van der Waals surface area contributed by atoms with Gasteiger partial charge in [-0.15, -0.1) is 21.5 Å². The molecule has 0 saturated carbocycles. The number of hydrazone groups is 1. The maximum Gasteiger partial charge on any atom is 0.277 e. The Hall–Kier alpha value is -3.70. The smallest absolute Gasteiger partial charge is 0.277 e. The Balaban J connectivity index is 1.36. The third-order valence-corrected chi connectivity index (χ3v) is 7.14. The summed E-state index contributed by atoms with van der Waals surface area (Å²) in [4.78, 5) is 18.3. The first-order valence-electron chi connectivity index (χ1n) is 10.7. The molecule has 1 amide bonds. The second-order valence-electron chi connectivity index (χ2n) is 7.49. The van der Waals surface area contributed by atoms with Crippen LogP contribution in [0.3, 0.4) is 0 Å². The molecule has 178 valence electrons. The van der Waals surface area contributed by atoms with Crippen LogP contribution in [0, 0.1) is 0 Å². The molecule has 0 bridgehead atoms. The second kappa shape index (κ2) is 10.3. The maximum atomic E-state index is 13.3. The van der Waals surface area contributed by atoms with Crippen molar-refractivity contribution in [1.29, 1.82) is 0 Å². The third-order valence-electron chi connectivity index (χ3n) is 5.42. The van der Waals surface area contributed by atoms with E-state index in [9.17, 15) is 4.79 Å². The van der Waals surface area contributed by atoms with Crippen molar-refractivity contribution in [2.75, 3.05) is 20.0 Å². The number of aromatic nitrogens is 3. The Kier molecular flexibility index (Phi) is 6.77. The molecule has 3 aromatic heterocycles. The average Bonchev–Trinajstić information content (AvgIpc) is 3.68. The first-order chi connectivity index (χ1) is 17.2. The Morgan fingerprint density at radius 3 is 2.71 bits per heavy atom. The summed E-state index contributed by atoms with van der Waals surface area (Å²) in [6, 6.07) is 13.0. The number of carbonyl (C=O) groups excluding carboxylic acids is 1. The normalized spacial score (nSPS) is 15.2. The summed E-state index contributed by atoms with van der Waals surface area (Å²) in [5.74, 6) is 1.55. The van der Waals surface area contributed by atoms with Crippen molar-refractivity contribution < 1.29 is 18.7 Å². The molecule has 1 atom stereocenters. The molecule has 5 rings (SSSR count). The molecule has 0 aliphatic carbocycles. The first kappa shape index (κ1) is 23.1. The first-order valence-corrected chi connectivity index (χ1v) is 12.5. The van der Waals surface area contributed by atoms with E-state index in [0.29, 0.717) is 29.0 Å². The van der Waals surface area contributed by atoms with Crippen molar-refractivity contribution in [2.45, 2.75) is 17.7 Å². The van der Waals surface area contributed by atoms with Gasteiger partial charge >= 0.3 is 0 Å². The molecule has 11 heteroatoms. The Morgan fingerprint density at radius 1 is 1.14 bits per heavy atom. The van der Waals surface area contributed by atoms with Gasteiger partial charge in [0, 0.05) is 24.4 Å². The average molecular weight is 508 g/mol. The molecule has 0 N–H and O–H groups in total. The van der Waals surface area contributed by atoms with Gasteiger partial charge in [-0.05, 0) is 41.3 Å². The lowest BCUT2D eigenvalue weighted by Crippen LogP contribution is -2.28. The van der Waals surface area contributed by atoms with Crippen LogP contribution in [0.25, 0.3) is 11.5 Å². The molecule has 1 unspecified atom stereocenters. The zero-order chi connectivity index (χ0) is 24.2. The summed E-state index contributed by atoms with van der Waals surface area (Å²) in [6.45, 7) is 0. The van der Waals surface area contributed by atoms with E-state index in [2.05, 4.69) is 15.2 Å². The second-order valence-corrected chi connectivity index (χ2v) is 9.37. The van der Waals surface area contributed by atoms with E-state index in [1.54, 1.807) is 55.1 Å². The van der Waals surface area contributed by atoms with E-state index in [4.69, 9.17) is 19.0 Å². The summed E-state index contributed by atoms with van der Waals surface area (Å²) in [5, 5.41) is 16.7. The van der Waals surface area contributed by atoms with E-state index < -0.39 is 0 Å². The predicted molar refractivity (Wildman–Crippen MR) is 133 cm³/mol. The SMILES string of the molecule is COc1ccc(C2CC(c3cccs3)=NN2C(=O)CSc2nnc(-c3ccncc3)o2)cc1OC. The van der Waals surface area contributed by atoms with Gasteiger partial charge in [-0.25, -0.2) is 5.01 Å². The van der Waals surface area contributed by atoms with Crippen molar-refractivity contribution >= 4 is 34.7 Å². The summed E-state index contributed by atoms with van der Waals surface area (Å²) >= 11 is 2.78. The molecule has 1 aromatic carbocycles. The number of benzene rings is 1. The standard InChI is InChI=1S/C24H21N5O4S2/c1-31-19-6-5-16(12-20(19)32-2)18-13-17(21-4-3-11-34-21)28-29(18)22(30)14-35-24-27-26-23(33-24)15-7-9-25-10-8-15/h3-12,18H,13-14H2,1-2H3. The van der Waals surface area contributed by atoms with Crippen molar-refractivity contribution in [3.63, 3.8) is 0 Å². The van der Waals surface area contributed by atoms with Crippen molar-refractivity contribution in [2.24, 2.45) is 5.10 Å². The highest BCUT2D eigenvalue weighted by Crippen LogP contribution is 2.38. The quantitative estimate of drug-likeness (QED) is 0.317. The minimum absolute atomic E-state index is 0.100. The number of methoxy groups -OCH3 is 2. The summed E-state index contributed by atoms with van der Waals surface area (Å²) < 4.78 is 16.6. The highest BCUT2D eigenvalue weighted by Gasteiger charge is 2.34. The number of thioether (sulfide) groups is 1. The van der Waals surface area contributed by atoms with Crippen LogP contribution in [0.1, 0.15) is 22.9 Å². The van der Waals surface area contributed by atoms with Gasteiger partial charge in [0.05, 0.1) is 36.6 Å². The van der Waals surface area contributed by atoms with Gasteiger partial charge in [0.2, 0.25) is 5.89 Å². The van der Waals surface area contributed by atoms with Gasteiger partial charge in [-0.2, -0.15) is 5.10 Å². The molecular formula is C24H21N5O4S2. The molecule has 0 spiro atoms. The Morgan fingerprint density at radius 2 is 1.97 bits per heavy atom. The maximum absolute atomic E-state index is 13.3. The molecule has 0 radical (unpaired) electrons. The highest BCUT2D eigenvalue weighted by molar-refractivity contribution is 7.99. The summed E-state index contributed by atoms with van der Waals surface area (Å²) in [5.41, 5.74) is 2.55. The summed E-state index contributed by atoms with van der Waals surface area (Å²) in [6.07, 6.45) is 3.90. The van der Waals surface area contributed by atoms with E-state index in [1.165, 1.54) is 11.8 Å². The van der Waals surface area contributed by atoms with Crippen LogP contribution in [-0.2, 0) is 4.79 Å². The molecule has 0 fully saturated rings. The number of nitrogens with zero attached hydrogens (tertiary/aromatic N) is 5. The molecular weight excluding hydrogens is 486 g/mol. The fraction of sp³-hybridized carbons (Fsp3) is 0.208. The molecule has 9 nitrogen and oxygen atoms in total. The Bertz CT molecular complexity index is 1340.